The summed E-state index contributed by atoms with van der Waals surface area (Å²) in [5.74, 6) is -6.51. The number of hydrogen-bond donors (Lipinski definition) is 1. The molecule has 0 saturated carbocycles. The Labute approximate surface area is 153 Å². The molecule has 0 aromatic heterocycles. The van der Waals surface area contributed by atoms with Crippen LogP contribution in [0.2, 0.25) is 0 Å². The molecule has 0 radical (unpaired) electrons. The lowest BCUT2D eigenvalue weighted by molar-refractivity contribution is -0.116. The first-order valence-corrected chi connectivity index (χ1v) is 9.30. The summed E-state index contributed by atoms with van der Waals surface area (Å²) in [6.45, 7) is 0.888. The van der Waals surface area contributed by atoms with Gasteiger partial charge in [-0.15, -0.1) is 0 Å². The van der Waals surface area contributed by atoms with Gasteiger partial charge >= 0.3 is 0 Å². The Morgan fingerprint density at radius 3 is 2.41 bits per heavy atom. The highest BCUT2D eigenvalue weighted by atomic mass is 32.2. The number of anilines is 1. The molecule has 5 nitrogen and oxygen atoms in total. The molecule has 1 amide bonds. The van der Waals surface area contributed by atoms with Crippen molar-refractivity contribution in [2.45, 2.75) is 18.2 Å². The topological polar surface area (TPSA) is 66.5 Å². The Kier molecular flexibility index (Phi) is 6.55. The quantitative estimate of drug-likeness (QED) is 0.569. The minimum atomic E-state index is -4.19. The van der Waals surface area contributed by atoms with Gasteiger partial charge in [0.05, 0.1) is 17.1 Å². The highest BCUT2D eigenvalue weighted by Crippen LogP contribution is 2.21. The van der Waals surface area contributed by atoms with E-state index in [4.69, 9.17) is 0 Å². The van der Waals surface area contributed by atoms with E-state index in [1.54, 1.807) is 6.92 Å². The molecule has 0 aliphatic rings. The first kappa shape index (κ1) is 20.8. The maximum absolute atomic E-state index is 13.6. The third kappa shape index (κ3) is 4.83. The predicted octanol–water partition coefficient (Wildman–Crippen LogP) is 3.28. The average Bonchev–Trinajstić information content (AvgIpc) is 2.62. The SMILES string of the molecule is CCCN(CC(=O)Nc1ccc(F)c(F)c1F)S(=O)(=O)c1cccc(F)c1. The summed E-state index contributed by atoms with van der Waals surface area (Å²) in [4.78, 5) is 11.8. The molecule has 1 N–H and O–H groups in total. The van der Waals surface area contributed by atoms with E-state index >= 15 is 0 Å². The lowest BCUT2D eigenvalue weighted by Crippen LogP contribution is -2.38. The predicted molar refractivity (Wildman–Crippen MR) is 90.4 cm³/mol. The largest absolute Gasteiger partial charge is 0.322 e. The van der Waals surface area contributed by atoms with Crippen molar-refractivity contribution in [3.05, 3.63) is 59.7 Å². The standard InChI is InChI=1S/C17H16F4N2O3S/c1-2-8-23(27(25,26)12-5-3-4-11(18)9-12)10-15(24)22-14-7-6-13(19)16(20)17(14)21/h3-7,9H,2,8,10H2,1H3,(H,22,24). The minimum absolute atomic E-state index is 0.0630. The van der Waals surface area contributed by atoms with Crippen LogP contribution in [-0.2, 0) is 14.8 Å². The van der Waals surface area contributed by atoms with Crippen LogP contribution in [0.25, 0.3) is 0 Å². The number of nitrogens with zero attached hydrogens (tertiary/aromatic N) is 1. The van der Waals surface area contributed by atoms with Crippen molar-refractivity contribution < 1.29 is 30.8 Å². The van der Waals surface area contributed by atoms with Crippen molar-refractivity contribution in [2.24, 2.45) is 0 Å². The number of carbonyl (C=O) groups excluding carboxylic acids is 1. The lowest BCUT2D eigenvalue weighted by atomic mass is 10.2. The van der Waals surface area contributed by atoms with Crippen LogP contribution in [0.3, 0.4) is 0 Å². The molecular formula is C17H16F4N2O3S. The molecule has 0 unspecified atom stereocenters. The van der Waals surface area contributed by atoms with Crippen molar-refractivity contribution in [3.8, 4) is 0 Å². The molecule has 0 atom stereocenters. The van der Waals surface area contributed by atoms with Crippen molar-refractivity contribution in [3.63, 3.8) is 0 Å². The molecule has 0 aliphatic carbocycles. The fourth-order valence-electron chi connectivity index (χ4n) is 2.28. The maximum Gasteiger partial charge on any atom is 0.243 e. The molecule has 27 heavy (non-hydrogen) atoms. The van der Waals surface area contributed by atoms with Gasteiger partial charge in [-0.2, -0.15) is 4.31 Å². The van der Waals surface area contributed by atoms with Gasteiger partial charge in [-0.1, -0.05) is 13.0 Å². The second-order valence-electron chi connectivity index (χ2n) is 5.57. The summed E-state index contributed by atoms with van der Waals surface area (Å²) in [5.41, 5.74) is -0.626. The van der Waals surface area contributed by atoms with Crippen molar-refractivity contribution in [1.29, 1.82) is 0 Å². The molecule has 0 spiro atoms. The number of sulfonamides is 1. The summed E-state index contributed by atoms with van der Waals surface area (Å²) in [6.07, 6.45) is 0.349. The van der Waals surface area contributed by atoms with Crippen molar-refractivity contribution in [2.75, 3.05) is 18.4 Å². The van der Waals surface area contributed by atoms with Crippen LogP contribution in [0, 0.1) is 23.3 Å². The van der Waals surface area contributed by atoms with Gasteiger partial charge in [0.25, 0.3) is 0 Å². The number of rotatable bonds is 7. The zero-order valence-electron chi connectivity index (χ0n) is 14.2. The Bertz CT molecular complexity index is 951. The third-order valence-corrected chi connectivity index (χ3v) is 5.38. The first-order chi connectivity index (χ1) is 12.7. The molecule has 0 aliphatic heterocycles. The lowest BCUT2D eigenvalue weighted by Gasteiger charge is -2.21. The fraction of sp³-hybridized carbons (Fsp3) is 0.235. The van der Waals surface area contributed by atoms with Gasteiger partial charge in [0.2, 0.25) is 15.9 Å². The number of nitrogens with one attached hydrogen (secondary N) is 1. The van der Waals surface area contributed by atoms with Gasteiger partial charge in [0.15, 0.2) is 17.5 Å². The number of hydrogen-bond acceptors (Lipinski definition) is 3. The number of carbonyl (C=O) groups is 1. The van der Waals surface area contributed by atoms with Crippen LogP contribution in [0.5, 0.6) is 0 Å². The summed E-state index contributed by atoms with van der Waals surface area (Å²) < 4.78 is 79.2. The summed E-state index contributed by atoms with van der Waals surface area (Å²) >= 11 is 0. The monoisotopic (exact) mass is 404 g/mol. The van der Waals surface area contributed by atoms with Gasteiger partial charge < -0.3 is 5.32 Å². The molecule has 2 rings (SSSR count). The molecule has 0 heterocycles. The van der Waals surface area contributed by atoms with Crippen LogP contribution >= 0.6 is 0 Å². The maximum atomic E-state index is 13.6. The minimum Gasteiger partial charge on any atom is -0.322 e. The van der Waals surface area contributed by atoms with Crippen LogP contribution in [0.15, 0.2) is 41.3 Å². The van der Waals surface area contributed by atoms with E-state index in [0.717, 1.165) is 22.5 Å². The van der Waals surface area contributed by atoms with E-state index in [0.29, 0.717) is 12.5 Å². The summed E-state index contributed by atoms with van der Waals surface area (Å²) in [7, 11) is -4.19. The highest BCUT2D eigenvalue weighted by Gasteiger charge is 2.27. The number of amides is 1. The van der Waals surface area contributed by atoms with E-state index in [9.17, 15) is 30.8 Å². The molecule has 2 aromatic carbocycles. The Balaban J connectivity index is 2.23. The zero-order chi connectivity index (χ0) is 20.2. The van der Waals surface area contributed by atoms with Crippen LogP contribution in [0.4, 0.5) is 23.2 Å². The van der Waals surface area contributed by atoms with Gasteiger partial charge in [-0.3, -0.25) is 4.79 Å². The molecular weight excluding hydrogens is 388 g/mol. The highest BCUT2D eigenvalue weighted by molar-refractivity contribution is 7.89. The van der Waals surface area contributed by atoms with Crippen molar-refractivity contribution >= 4 is 21.6 Å². The van der Waals surface area contributed by atoms with E-state index in [1.807, 2.05) is 5.32 Å². The molecule has 0 saturated heterocycles. The van der Waals surface area contributed by atoms with Gasteiger partial charge in [0, 0.05) is 6.54 Å². The van der Waals surface area contributed by atoms with Crippen LogP contribution < -0.4 is 5.32 Å². The summed E-state index contributed by atoms with van der Waals surface area (Å²) in [5, 5.41) is 2.00. The Hall–Kier alpha value is -2.46. The third-order valence-electron chi connectivity index (χ3n) is 3.54. The zero-order valence-corrected chi connectivity index (χ0v) is 15.0. The first-order valence-electron chi connectivity index (χ1n) is 7.86. The van der Waals surface area contributed by atoms with Gasteiger partial charge in [-0.25, -0.2) is 26.0 Å². The molecule has 10 heteroatoms. The second kappa shape index (κ2) is 8.49. The Morgan fingerprint density at radius 1 is 1.07 bits per heavy atom. The van der Waals surface area contributed by atoms with Gasteiger partial charge in [-0.05, 0) is 36.8 Å². The molecule has 146 valence electrons. The smallest absolute Gasteiger partial charge is 0.243 e. The van der Waals surface area contributed by atoms with E-state index in [2.05, 4.69) is 0 Å². The van der Waals surface area contributed by atoms with E-state index in [1.165, 1.54) is 12.1 Å². The number of halogens is 4. The van der Waals surface area contributed by atoms with E-state index in [-0.39, 0.29) is 11.4 Å². The van der Waals surface area contributed by atoms with E-state index < -0.39 is 51.4 Å². The van der Waals surface area contributed by atoms with Gasteiger partial charge in [0.1, 0.15) is 5.82 Å². The fourth-order valence-corrected chi connectivity index (χ4v) is 3.80. The number of benzene rings is 2. The average molecular weight is 404 g/mol. The normalized spacial score (nSPS) is 11.6. The van der Waals surface area contributed by atoms with Crippen molar-refractivity contribution in [1.82, 2.24) is 4.31 Å². The van der Waals surface area contributed by atoms with Crippen LogP contribution in [0.1, 0.15) is 13.3 Å². The molecule has 0 bridgehead atoms. The molecule has 0 fully saturated rings. The molecule has 2 aromatic rings. The second-order valence-corrected chi connectivity index (χ2v) is 7.50. The van der Waals surface area contributed by atoms with Crippen LogP contribution in [-0.4, -0.2) is 31.7 Å². The Morgan fingerprint density at radius 2 is 1.78 bits per heavy atom. The summed E-state index contributed by atoms with van der Waals surface area (Å²) in [6, 6.07) is 5.71.